The first-order valence-corrected chi connectivity index (χ1v) is 5.90. The van der Waals surface area contributed by atoms with E-state index in [0.29, 0.717) is 6.41 Å². The number of carboxylic acid groups (broad SMARTS) is 1. The van der Waals surface area contributed by atoms with Gasteiger partial charge in [-0.3, -0.25) is 9.59 Å². The zero-order valence-electron chi connectivity index (χ0n) is 11.9. The van der Waals surface area contributed by atoms with Crippen molar-refractivity contribution in [3.05, 3.63) is 12.7 Å². The van der Waals surface area contributed by atoms with Gasteiger partial charge in [-0.2, -0.15) is 0 Å². The molecule has 108 valence electrons. The number of carboxylic acids is 1. The Kier molecular flexibility index (Phi) is 25.5. The number of nitrogens with one attached hydrogen (secondary N) is 1. The zero-order chi connectivity index (χ0) is 14.8. The summed E-state index contributed by atoms with van der Waals surface area (Å²) >= 11 is 0. The van der Waals surface area contributed by atoms with E-state index in [1.54, 1.807) is 7.11 Å². The van der Waals surface area contributed by atoms with Gasteiger partial charge in [0.2, 0.25) is 6.41 Å². The van der Waals surface area contributed by atoms with Crippen molar-refractivity contribution >= 4 is 12.4 Å². The topological polar surface area (TPSA) is 75.6 Å². The predicted molar refractivity (Wildman–Crippen MR) is 73.5 cm³/mol. The van der Waals surface area contributed by atoms with Gasteiger partial charge in [-0.25, -0.2) is 0 Å². The molecule has 0 fully saturated rings. The van der Waals surface area contributed by atoms with Crippen molar-refractivity contribution in [2.75, 3.05) is 20.3 Å². The molecular weight excluding hydrogens is 234 g/mol. The third kappa shape index (κ3) is 61.8. The number of carbonyl (C=O) groups excluding carboxylic acids is 1. The Bertz CT molecular complexity index is 191. The average molecular weight is 261 g/mol. The molecule has 0 atom stereocenters. The van der Waals surface area contributed by atoms with E-state index in [9.17, 15) is 9.59 Å². The molecule has 0 aromatic heterocycles. The highest BCUT2D eigenvalue weighted by molar-refractivity contribution is 5.71. The van der Waals surface area contributed by atoms with Crippen LogP contribution in [0.15, 0.2) is 12.7 Å². The number of aliphatic carboxylic acids is 1. The molecule has 0 rings (SSSR count). The maximum Gasteiger partial charge on any atom is 0.322 e. The quantitative estimate of drug-likeness (QED) is 0.418. The molecule has 5 nitrogen and oxygen atoms in total. The second-order valence-electron chi connectivity index (χ2n) is 4.05. The zero-order valence-corrected chi connectivity index (χ0v) is 11.9. The molecule has 2 N–H and O–H groups in total. The van der Waals surface area contributed by atoms with Crippen LogP contribution in [0.4, 0.5) is 0 Å². The number of unbranched alkanes of at least 4 members (excludes halogenated alkanes) is 1. The number of ether oxygens (including phenoxy) is 1. The molecule has 0 heterocycles. The standard InChI is InChI=1S/C6H12O.C4H10.C3H5NO3/c1-3-4-5-6-7-2;1-4(2)3;5-2-4-1-3(6)7/h3H,1,4-6H2,2H3;4H,1-3H3;2H,1H2,(H,4,5)(H,6,7). The summed E-state index contributed by atoms with van der Waals surface area (Å²) in [6.07, 6.45) is 4.40. The van der Waals surface area contributed by atoms with E-state index in [-0.39, 0.29) is 6.54 Å². The number of hydrogen-bond donors (Lipinski definition) is 2. The molecule has 0 unspecified atom stereocenters. The highest BCUT2D eigenvalue weighted by Crippen LogP contribution is 1.87. The minimum Gasteiger partial charge on any atom is -0.480 e. The summed E-state index contributed by atoms with van der Waals surface area (Å²) in [7, 11) is 1.71. The van der Waals surface area contributed by atoms with Gasteiger partial charge in [0.25, 0.3) is 0 Å². The van der Waals surface area contributed by atoms with Crippen molar-refractivity contribution in [1.82, 2.24) is 5.32 Å². The molecular formula is C13H27NO4. The van der Waals surface area contributed by atoms with E-state index in [1.807, 2.05) is 11.4 Å². The van der Waals surface area contributed by atoms with Gasteiger partial charge in [0.05, 0.1) is 0 Å². The van der Waals surface area contributed by atoms with Gasteiger partial charge in [0.1, 0.15) is 6.54 Å². The smallest absolute Gasteiger partial charge is 0.322 e. The molecule has 5 heteroatoms. The summed E-state index contributed by atoms with van der Waals surface area (Å²) in [5, 5.41) is 9.79. The van der Waals surface area contributed by atoms with Crippen LogP contribution in [0.1, 0.15) is 33.6 Å². The van der Waals surface area contributed by atoms with Crippen molar-refractivity contribution < 1.29 is 19.4 Å². The number of methoxy groups -OCH3 is 1. The Morgan fingerprint density at radius 2 is 1.94 bits per heavy atom. The van der Waals surface area contributed by atoms with Crippen LogP contribution < -0.4 is 5.32 Å². The third-order valence-electron chi connectivity index (χ3n) is 1.09. The van der Waals surface area contributed by atoms with Crippen LogP contribution in [0.3, 0.4) is 0 Å². The average Bonchev–Trinajstić information content (AvgIpc) is 2.27. The van der Waals surface area contributed by atoms with Crippen LogP contribution in [0.2, 0.25) is 0 Å². The third-order valence-corrected chi connectivity index (χ3v) is 1.09. The van der Waals surface area contributed by atoms with E-state index in [2.05, 4.69) is 27.4 Å². The molecule has 0 aliphatic heterocycles. The second-order valence-corrected chi connectivity index (χ2v) is 4.05. The van der Waals surface area contributed by atoms with E-state index in [4.69, 9.17) is 9.84 Å². The van der Waals surface area contributed by atoms with E-state index in [0.717, 1.165) is 25.4 Å². The lowest BCUT2D eigenvalue weighted by Crippen LogP contribution is -2.20. The van der Waals surface area contributed by atoms with Gasteiger partial charge < -0.3 is 15.2 Å². The molecule has 0 aromatic rings. The summed E-state index contributed by atoms with van der Waals surface area (Å²) in [6, 6.07) is 0. The first-order valence-electron chi connectivity index (χ1n) is 5.90. The molecule has 0 spiro atoms. The SMILES string of the molecule is C=CCCCOC.CC(C)C.O=CNCC(=O)O. The summed E-state index contributed by atoms with van der Waals surface area (Å²) in [5.74, 6) is -0.202. The monoisotopic (exact) mass is 261 g/mol. The largest absolute Gasteiger partial charge is 0.480 e. The van der Waals surface area contributed by atoms with Crippen LogP contribution in [0.25, 0.3) is 0 Å². The van der Waals surface area contributed by atoms with E-state index >= 15 is 0 Å². The van der Waals surface area contributed by atoms with Crippen molar-refractivity contribution in [3.63, 3.8) is 0 Å². The molecule has 0 bridgehead atoms. The van der Waals surface area contributed by atoms with Crippen molar-refractivity contribution in [2.24, 2.45) is 5.92 Å². The first-order chi connectivity index (χ1) is 8.42. The van der Waals surface area contributed by atoms with Crippen LogP contribution >= 0.6 is 0 Å². The molecule has 0 radical (unpaired) electrons. The van der Waals surface area contributed by atoms with Gasteiger partial charge in [-0.1, -0.05) is 26.8 Å². The Labute approximate surface area is 110 Å². The molecule has 18 heavy (non-hydrogen) atoms. The minimum atomic E-state index is -1.04. The van der Waals surface area contributed by atoms with Gasteiger partial charge in [-0.15, -0.1) is 6.58 Å². The van der Waals surface area contributed by atoms with Crippen LogP contribution in [0, 0.1) is 5.92 Å². The predicted octanol–water partition coefficient (Wildman–Crippen LogP) is 2.08. The van der Waals surface area contributed by atoms with Gasteiger partial charge in [0.15, 0.2) is 0 Å². The highest BCUT2D eigenvalue weighted by atomic mass is 16.5. The van der Waals surface area contributed by atoms with Crippen molar-refractivity contribution in [1.29, 1.82) is 0 Å². The lowest BCUT2D eigenvalue weighted by molar-refractivity contribution is -0.136. The Hall–Kier alpha value is -1.36. The molecule has 0 aromatic carbocycles. The fraction of sp³-hybridized carbons (Fsp3) is 0.692. The minimum absolute atomic E-state index is 0.302. The lowest BCUT2D eigenvalue weighted by atomic mass is 10.3. The summed E-state index contributed by atoms with van der Waals surface area (Å²) in [4.78, 5) is 18.9. The summed E-state index contributed by atoms with van der Waals surface area (Å²) in [5.41, 5.74) is 0. The Morgan fingerprint density at radius 3 is 2.17 bits per heavy atom. The van der Waals surface area contributed by atoms with Crippen LogP contribution in [-0.2, 0) is 14.3 Å². The number of allylic oxidation sites excluding steroid dienone is 1. The number of carbonyl (C=O) groups is 2. The second kappa shape index (κ2) is 21.0. The fourth-order valence-electron chi connectivity index (χ4n) is 0.501. The number of hydrogen-bond acceptors (Lipinski definition) is 3. The molecule has 0 saturated heterocycles. The lowest BCUT2D eigenvalue weighted by Gasteiger charge is -1.90. The van der Waals surface area contributed by atoms with Crippen molar-refractivity contribution in [2.45, 2.75) is 33.6 Å². The van der Waals surface area contributed by atoms with Gasteiger partial charge >= 0.3 is 5.97 Å². The fourth-order valence-corrected chi connectivity index (χ4v) is 0.501. The highest BCUT2D eigenvalue weighted by Gasteiger charge is 1.88. The van der Waals surface area contributed by atoms with E-state index in [1.165, 1.54) is 0 Å². The Morgan fingerprint density at radius 1 is 1.44 bits per heavy atom. The Balaban J connectivity index is -0.000000196. The maximum atomic E-state index is 9.54. The molecule has 0 saturated carbocycles. The van der Waals surface area contributed by atoms with Crippen molar-refractivity contribution in [3.8, 4) is 0 Å². The summed E-state index contributed by atoms with van der Waals surface area (Å²) in [6.45, 7) is 10.6. The van der Waals surface area contributed by atoms with Gasteiger partial charge in [0, 0.05) is 13.7 Å². The first kappa shape index (κ1) is 21.9. The molecule has 0 aliphatic rings. The molecule has 0 aliphatic carbocycles. The van der Waals surface area contributed by atoms with Crippen LogP contribution in [0.5, 0.6) is 0 Å². The maximum absolute atomic E-state index is 9.54. The number of amides is 1. The van der Waals surface area contributed by atoms with E-state index < -0.39 is 5.97 Å². The normalized spacial score (nSPS) is 8.28. The van der Waals surface area contributed by atoms with Crippen LogP contribution in [-0.4, -0.2) is 37.7 Å². The summed E-state index contributed by atoms with van der Waals surface area (Å²) < 4.78 is 4.80. The number of rotatable bonds is 7. The molecule has 1 amide bonds. The van der Waals surface area contributed by atoms with Gasteiger partial charge in [-0.05, 0) is 18.8 Å².